The van der Waals surface area contributed by atoms with Crippen LogP contribution < -0.4 is 4.57 Å². The number of benzene rings is 3. The largest absolute Gasteiger partial charge is 0.402 e. The zero-order valence-electron chi connectivity index (χ0n) is 12.8. The molecule has 0 bridgehead atoms. The van der Waals surface area contributed by atoms with Gasteiger partial charge in [-0.1, -0.05) is 48.5 Å². The van der Waals surface area contributed by atoms with Crippen molar-refractivity contribution in [3.63, 3.8) is 0 Å². The molecule has 0 radical (unpaired) electrons. The molecule has 3 aromatic carbocycles. The van der Waals surface area contributed by atoms with Gasteiger partial charge in [0.05, 0.1) is 6.92 Å². The molecule has 0 unspecified atom stereocenters. The smallest absolute Gasteiger partial charge is 0.345 e. The normalized spacial score (nSPS) is 11.2. The maximum Gasteiger partial charge on any atom is 0.345 e. The number of oxazole rings is 1. The summed E-state index contributed by atoms with van der Waals surface area (Å²) < 4.78 is 7.64. The van der Waals surface area contributed by atoms with Crippen LogP contribution in [0.4, 0.5) is 0 Å². The maximum atomic E-state index is 12.7. The van der Waals surface area contributed by atoms with E-state index < -0.39 is 0 Å². The average molecular weight is 302 g/mol. The zero-order chi connectivity index (χ0) is 15.8. The van der Waals surface area contributed by atoms with Crippen LogP contribution in [-0.2, 0) is 6.54 Å². The third kappa shape index (κ3) is 2.40. The molecule has 3 nitrogen and oxygen atoms in total. The quantitative estimate of drug-likeness (QED) is 0.422. The first-order valence-electron chi connectivity index (χ1n) is 7.62. The number of carbonyl (C=O) groups is 1. The summed E-state index contributed by atoms with van der Waals surface area (Å²) in [6.45, 7) is 2.16. The standard InChI is InChI=1S/C20H16NO2/c1-14-21(18-8-4-5-9-20(18)23-14)13-19(22)17-11-10-15-6-2-3-7-16(15)12-17/h2-12H,13H2,1H3/q+1. The summed E-state index contributed by atoms with van der Waals surface area (Å²) in [5.41, 5.74) is 2.47. The van der Waals surface area contributed by atoms with E-state index in [0.717, 1.165) is 33.3 Å². The molecule has 23 heavy (non-hydrogen) atoms. The Morgan fingerprint density at radius 2 is 1.70 bits per heavy atom. The Morgan fingerprint density at radius 1 is 0.957 bits per heavy atom. The highest BCUT2D eigenvalue weighted by Crippen LogP contribution is 2.17. The molecule has 0 saturated heterocycles. The van der Waals surface area contributed by atoms with E-state index in [1.54, 1.807) is 0 Å². The molecule has 3 heteroatoms. The Bertz CT molecular complexity index is 1030. The van der Waals surface area contributed by atoms with E-state index in [9.17, 15) is 4.79 Å². The van der Waals surface area contributed by atoms with Gasteiger partial charge < -0.3 is 4.42 Å². The van der Waals surface area contributed by atoms with Crippen molar-refractivity contribution >= 4 is 27.7 Å². The third-order valence-electron chi connectivity index (χ3n) is 4.17. The van der Waals surface area contributed by atoms with Crippen molar-refractivity contribution in [1.29, 1.82) is 0 Å². The second-order valence-corrected chi connectivity index (χ2v) is 5.66. The molecule has 0 N–H and O–H groups in total. The molecule has 1 heterocycles. The van der Waals surface area contributed by atoms with Gasteiger partial charge in [-0.15, -0.1) is 0 Å². The number of ketones is 1. The lowest BCUT2D eigenvalue weighted by molar-refractivity contribution is -0.668. The number of aryl methyl sites for hydroxylation is 1. The first-order chi connectivity index (χ1) is 11.2. The molecule has 0 amide bonds. The van der Waals surface area contributed by atoms with E-state index in [4.69, 9.17) is 4.42 Å². The van der Waals surface area contributed by atoms with Crippen LogP contribution in [0.1, 0.15) is 16.2 Å². The van der Waals surface area contributed by atoms with Crippen LogP contribution in [0.3, 0.4) is 0 Å². The fourth-order valence-corrected chi connectivity index (χ4v) is 2.94. The van der Waals surface area contributed by atoms with E-state index >= 15 is 0 Å². The van der Waals surface area contributed by atoms with Gasteiger partial charge in [-0.2, -0.15) is 4.57 Å². The minimum Gasteiger partial charge on any atom is -0.402 e. The molecule has 0 spiro atoms. The highest BCUT2D eigenvalue weighted by atomic mass is 16.3. The number of nitrogens with zero attached hydrogens (tertiary/aromatic N) is 1. The molecule has 112 valence electrons. The number of hydrogen-bond donors (Lipinski definition) is 0. The van der Waals surface area contributed by atoms with Crippen LogP contribution >= 0.6 is 0 Å². The summed E-state index contributed by atoms with van der Waals surface area (Å²) in [4.78, 5) is 12.7. The van der Waals surface area contributed by atoms with Crippen LogP contribution in [0, 0.1) is 6.92 Å². The molecule has 4 aromatic rings. The van der Waals surface area contributed by atoms with Crippen LogP contribution in [0.25, 0.3) is 21.9 Å². The molecule has 0 aliphatic heterocycles. The van der Waals surface area contributed by atoms with Crippen molar-refractivity contribution in [3.8, 4) is 0 Å². The number of rotatable bonds is 3. The van der Waals surface area contributed by atoms with Crippen LogP contribution in [-0.4, -0.2) is 5.78 Å². The molecule has 0 fully saturated rings. The lowest BCUT2D eigenvalue weighted by Crippen LogP contribution is -2.39. The van der Waals surface area contributed by atoms with E-state index in [1.807, 2.05) is 78.2 Å². The lowest BCUT2D eigenvalue weighted by Gasteiger charge is -2.01. The van der Waals surface area contributed by atoms with E-state index in [1.165, 1.54) is 0 Å². The Labute approximate surface area is 133 Å². The van der Waals surface area contributed by atoms with Crippen LogP contribution in [0.2, 0.25) is 0 Å². The monoisotopic (exact) mass is 302 g/mol. The minimum atomic E-state index is 0.0791. The molecule has 0 aliphatic rings. The second kappa shape index (κ2) is 5.36. The summed E-state index contributed by atoms with van der Waals surface area (Å²) >= 11 is 0. The third-order valence-corrected chi connectivity index (χ3v) is 4.17. The van der Waals surface area contributed by atoms with Crippen molar-refractivity contribution in [2.45, 2.75) is 13.5 Å². The Hall–Kier alpha value is -2.94. The number of Topliss-reactive ketones (excluding diaryl/α,β-unsaturated/α-hetero) is 1. The molecule has 0 aliphatic carbocycles. The summed E-state index contributed by atoms with van der Waals surface area (Å²) in [7, 11) is 0. The van der Waals surface area contributed by atoms with Gasteiger partial charge in [-0.05, 0) is 22.9 Å². The summed E-state index contributed by atoms with van der Waals surface area (Å²) in [6.07, 6.45) is 0. The van der Waals surface area contributed by atoms with E-state index in [2.05, 4.69) is 0 Å². The number of aromatic nitrogens is 1. The number of carbonyl (C=O) groups excluding carboxylic acids is 1. The first kappa shape index (κ1) is 13.7. The fourth-order valence-electron chi connectivity index (χ4n) is 2.94. The minimum absolute atomic E-state index is 0.0791. The van der Waals surface area contributed by atoms with Crippen LogP contribution in [0.5, 0.6) is 0 Å². The Kier molecular flexibility index (Phi) is 3.19. The Balaban J connectivity index is 1.72. The predicted octanol–water partition coefficient (Wildman–Crippen LogP) is 4.06. The van der Waals surface area contributed by atoms with Crippen molar-refractivity contribution < 1.29 is 13.8 Å². The highest BCUT2D eigenvalue weighted by Gasteiger charge is 2.22. The predicted molar refractivity (Wildman–Crippen MR) is 89.4 cm³/mol. The van der Waals surface area contributed by atoms with Gasteiger partial charge in [0.15, 0.2) is 0 Å². The van der Waals surface area contributed by atoms with Crippen molar-refractivity contribution in [1.82, 2.24) is 0 Å². The van der Waals surface area contributed by atoms with E-state index in [0.29, 0.717) is 0 Å². The molecule has 4 rings (SSSR count). The van der Waals surface area contributed by atoms with Crippen molar-refractivity contribution in [2.75, 3.05) is 0 Å². The summed E-state index contributed by atoms with van der Waals surface area (Å²) in [6, 6.07) is 21.7. The molecule has 0 atom stereocenters. The first-order valence-corrected chi connectivity index (χ1v) is 7.62. The van der Waals surface area contributed by atoms with Gasteiger partial charge in [0, 0.05) is 11.6 Å². The summed E-state index contributed by atoms with van der Waals surface area (Å²) in [5.74, 6) is 0.816. The fraction of sp³-hybridized carbons (Fsp3) is 0.100. The second-order valence-electron chi connectivity index (χ2n) is 5.66. The topological polar surface area (TPSA) is 34.1 Å². The maximum absolute atomic E-state index is 12.7. The van der Waals surface area contributed by atoms with Gasteiger partial charge in [0.1, 0.15) is 0 Å². The summed E-state index contributed by atoms with van der Waals surface area (Å²) in [5, 5.41) is 2.22. The van der Waals surface area contributed by atoms with E-state index in [-0.39, 0.29) is 12.3 Å². The number of para-hydroxylation sites is 2. The van der Waals surface area contributed by atoms with Crippen molar-refractivity contribution in [2.24, 2.45) is 0 Å². The van der Waals surface area contributed by atoms with Gasteiger partial charge in [0.2, 0.25) is 17.9 Å². The van der Waals surface area contributed by atoms with Gasteiger partial charge in [0.25, 0.3) is 5.52 Å². The van der Waals surface area contributed by atoms with Gasteiger partial charge >= 0.3 is 5.89 Å². The number of hydrogen-bond acceptors (Lipinski definition) is 2. The van der Waals surface area contributed by atoms with Crippen molar-refractivity contribution in [3.05, 3.63) is 78.2 Å². The van der Waals surface area contributed by atoms with Gasteiger partial charge in [-0.3, -0.25) is 4.79 Å². The molecular formula is C20H16NO2+. The number of fused-ring (bicyclic) bond motifs is 2. The van der Waals surface area contributed by atoms with Crippen LogP contribution in [0.15, 0.2) is 71.1 Å². The molecular weight excluding hydrogens is 286 g/mol. The molecule has 1 aromatic heterocycles. The highest BCUT2D eigenvalue weighted by molar-refractivity contribution is 5.99. The SMILES string of the molecule is Cc1oc2ccccc2[n+]1CC(=O)c1ccc2ccccc2c1. The Morgan fingerprint density at radius 3 is 2.57 bits per heavy atom. The lowest BCUT2D eigenvalue weighted by atomic mass is 10.0. The average Bonchev–Trinajstić information content (AvgIpc) is 2.90. The van der Waals surface area contributed by atoms with Gasteiger partial charge in [-0.25, -0.2) is 0 Å². The molecule has 0 saturated carbocycles. The zero-order valence-corrected chi connectivity index (χ0v) is 12.8.